The average molecular weight is 261 g/mol. The van der Waals surface area contributed by atoms with Crippen LogP contribution in [-0.2, 0) is 4.79 Å². The SMILES string of the molecule is CCNc1ncnc2cc(OC)c(OC(C)=O)cc12. The van der Waals surface area contributed by atoms with Gasteiger partial charge in [0.15, 0.2) is 11.5 Å². The van der Waals surface area contributed by atoms with Crippen molar-refractivity contribution in [2.45, 2.75) is 13.8 Å². The monoisotopic (exact) mass is 261 g/mol. The van der Waals surface area contributed by atoms with Crippen LogP contribution in [0.15, 0.2) is 18.5 Å². The third kappa shape index (κ3) is 2.73. The van der Waals surface area contributed by atoms with Gasteiger partial charge in [-0.05, 0) is 13.0 Å². The highest BCUT2D eigenvalue weighted by Crippen LogP contribution is 2.33. The van der Waals surface area contributed by atoms with Crippen molar-refractivity contribution in [1.82, 2.24) is 9.97 Å². The summed E-state index contributed by atoms with van der Waals surface area (Å²) in [5, 5.41) is 3.92. The molecule has 1 heterocycles. The summed E-state index contributed by atoms with van der Waals surface area (Å²) in [6.07, 6.45) is 1.48. The van der Waals surface area contributed by atoms with Crippen LogP contribution in [-0.4, -0.2) is 29.6 Å². The van der Waals surface area contributed by atoms with Crippen molar-refractivity contribution in [3.05, 3.63) is 18.5 Å². The Morgan fingerprint density at radius 3 is 2.74 bits per heavy atom. The van der Waals surface area contributed by atoms with Gasteiger partial charge in [-0.1, -0.05) is 0 Å². The minimum atomic E-state index is -0.403. The molecule has 19 heavy (non-hydrogen) atoms. The van der Waals surface area contributed by atoms with Gasteiger partial charge in [0.2, 0.25) is 0 Å². The highest BCUT2D eigenvalue weighted by molar-refractivity contribution is 5.92. The number of nitrogens with one attached hydrogen (secondary N) is 1. The Labute approximate surface area is 110 Å². The molecule has 0 unspecified atom stereocenters. The van der Waals surface area contributed by atoms with Gasteiger partial charge >= 0.3 is 5.97 Å². The van der Waals surface area contributed by atoms with Crippen LogP contribution in [0.1, 0.15) is 13.8 Å². The van der Waals surface area contributed by atoms with Crippen LogP contribution in [0.25, 0.3) is 10.9 Å². The van der Waals surface area contributed by atoms with Gasteiger partial charge in [-0.2, -0.15) is 0 Å². The number of esters is 1. The van der Waals surface area contributed by atoms with Crippen molar-refractivity contribution in [2.24, 2.45) is 0 Å². The minimum absolute atomic E-state index is 0.358. The number of fused-ring (bicyclic) bond motifs is 1. The highest BCUT2D eigenvalue weighted by Gasteiger charge is 2.12. The van der Waals surface area contributed by atoms with E-state index in [1.54, 1.807) is 12.1 Å². The maximum atomic E-state index is 11.1. The van der Waals surface area contributed by atoms with Gasteiger partial charge in [-0.3, -0.25) is 4.79 Å². The Bertz CT molecular complexity index is 613. The smallest absolute Gasteiger partial charge is 0.308 e. The first-order chi connectivity index (χ1) is 9.15. The Morgan fingerprint density at radius 2 is 2.11 bits per heavy atom. The van der Waals surface area contributed by atoms with Crippen molar-refractivity contribution >= 4 is 22.7 Å². The Balaban J connectivity index is 2.61. The normalized spacial score (nSPS) is 10.3. The molecule has 1 N–H and O–H groups in total. The second-order valence-corrected chi connectivity index (χ2v) is 3.87. The van der Waals surface area contributed by atoms with Crippen LogP contribution in [0, 0.1) is 0 Å². The predicted molar refractivity (Wildman–Crippen MR) is 71.6 cm³/mol. The lowest BCUT2D eigenvalue weighted by molar-refractivity contribution is -0.131. The Morgan fingerprint density at radius 1 is 1.32 bits per heavy atom. The zero-order chi connectivity index (χ0) is 13.8. The third-order valence-electron chi connectivity index (χ3n) is 2.52. The number of nitrogens with zero attached hydrogens (tertiary/aromatic N) is 2. The second kappa shape index (κ2) is 5.51. The van der Waals surface area contributed by atoms with Gasteiger partial charge < -0.3 is 14.8 Å². The number of hydrogen-bond donors (Lipinski definition) is 1. The molecule has 1 aromatic heterocycles. The molecule has 0 bridgehead atoms. The summed E-state index contributed by atoms with van der Waals surface area (Å²) < 4.78 is 10.3. The maximum absolute atomic E-state index is 11.1. The quantitative estimate of drug-likeness (QED) is 0.670. The van der Waals surface area contributed by atoms with Gasteiger partial charge in [-0.15, -0.1) is 0 Å². The van der Waals surface area contributed by atoms with E-state index in [4.69, 9.17) is 9.47 Å². The van der Waals surface area contributed by atoms with E-state index in [1.807, 2.05) is 6.92 Å². The number of ether oxygens (including phenoxy) is 2. The summed E-state index contributed by atoms with van der Waals surface area (Å²) in [5.41, 5.74) is 0.721. The zero-order valence-corrected chi connectivity index (χ0v) is 11.1. The van der Waals surface area contributed by atoms with E-state index >= 15 is 0 Å². The Hall–Kier alpha value is -2.37. The largest absolute Gasteiger partial charge is 0.493 e. The predicted octanol–water partition coefficient (Wildman–Crippen LogP) is 2.00. The number of carbonyl (C=O) groups is 1. The first-order valence-corrected chi connectivity index (χ1v) is 5.90. The molecule has 2 rings (SSSR count). The van der Waals surface area contributed by atoms with Crippen LogP contribution < -0.4 is 14.8 Å². The number of methoxy groups -OCH3 is 1. The molecule has 0 saturated carbocycles. The Kier molecular flexibility index (Phi) is 3.79. The van der Waals surface area contributed by atoms with E-state index in [9.17, 15) is 4.79 Å². The van der Waals surface area contributed by atoms with E-state index in [0.717, 1.165) is 17.4 Å². The molecule has 0 fully saturated rings. The summed E-state index contributed by atoms with van der Waals surface area (Å²) in [4.78, 5) is 19.5. The lowest BCUT2D eigenvalue weighted by atomic mass is 10.2. The van der Waals surface area contributed by atoms with Crippen LogP contribution in [0.5, 0.6) is 11.5 Å². The number of hydrogen-bond acceptors (Lipinski definition) is 6. The summed E-state index contributed by atoms with van der Waals surface area (Å²) >= 11 is 0. The first kappa shape index (κ1) is 13.1. The molecule has 0 spiro atoms. The minimum Gasteiger partial charge on any atom is -0.493 e. The molecule has 100 valence electrons. The number of rotatable bonds is 4. The lowest BCUT2D eigenvalue weighted by Gasteiger charge is -2.11. The van der Waals surface area contributed by atoms with E-state index in [2.05, 4.69) is 15.3 Å². The fourth-order valence-electron chi connectivity index (χ4n) is 1.77. The second-order valence-electron chi connectivity index (χ2n) is 3.87. The lowest BCUT2D eigenvalue weighted by Crippen LogP contribution is -2.05. The van der Waals surface area contributed by atoms with E-state index in [-0.39, 0.29) is 0 Å². The molecule has 2 aromatic rings. The van der Waals surface area contributed by atoms with Crippen molar-refractivity contribution in [3.63, 3.8) is 0 Å². The third-order valence-corrected chi connectivity index (χ3v) is 2.52. The molecule has 0 amide bonds. The number of aromatic nitrogens is 2. The van der Waals surface area contributed by atoms with Crippen LogP contribution >= 0.6 is 0 Å². The van der Waals surface area contributed by atoms with E-state index in [1.165, 1.54) is 20.4 Å². The number of carbonyl (C=O) groups excluding carboxylic acids is 1. The molecular formula is C13H15N3O3. The van der Waals surface area contributed by atoms with Gasteiger partial charge in [0, 0.05) is 24.9 Å². The summed E-state index contributed by atoms with van der Waals surface area (Å²) in [7, 11) is 1.51. The maximum Gasteiger partial charge on any atom is 0.308 e. The molecule has 6 heteroatoms. The molecule has 0 saturated heterocycles. The molecule has 0 aliphatic carbocycles. The number of benzene rings is 1. The van der Waals surface area contributed by atoms with E-state index in [0.29, 0.717) is 17.3 Å². The summed E-state index contributed by atoms with van der Waals surface area (Å²) in [6, 6.07) is 3.42. The first-order valence-electron chi connectivity index (χ1n) is 5.90. The standard InChI is InChI=1S/C13H15N3O3/c1-4-14-13-9-5-12(19-8(2)17)11(18-3)6-10(9)15-7-16-13/h5-7H,4H2,1-3H3,(H,14,15,16). The summed E-state index contributed by atoms with van der Waals surface area (Å²) in [5.74, 6) is 1.11. The van der Waals surface area contributed by atoms with Crippen molar-refractivity contribution in [3.8, 4) is 11.5 Å². The summed E-state index contributed by atoms with van der Waals surface area (Å²) in [6.45, 7) is 4.06. The molecule has 6 nitrogen and oxygen atoms in total. The van der Waals surface area contributed by atoms with Gasteiger partial charge in [0.05, 0.1) is 12.6 Å². The molecule has 0 aliphatic heterocycles. The highest BCUT2D eigenvalue weighted by atomic mass is 16.6. The molecule has 1 aromatic carbocycles. The molecule has 0 radical (unpaired) electrons. The van der Waals surface area contributed by atoms with Crippen molar-refractivity contribution in [2.75, 3.05) is 19.0 Å². The fraction of sp³-hybridized carbons (Fsp3) is 0.308. The van der Waals surface area contributed by atoms with Crippen molar-refractivity contribution < 1.29 is 14.3 Å². The van der Waals surface area contributed by atoms with E-state index < -0.39 is 5.97 Å². The average Bonchev–Trinajstić information content (AvgIpc) is 2.38. The van der Waals surface area contributed by atoms with Gasteiger partial charge in [0.25, 0.3) is 0 Å². The van der Waals surface area contributed by atoms with Crippen LogP contribution in [0.4, 0.5) is 5.82 Å². The molecular weight excluding hydrogens is 246 g/mol. The topological polar surface area (TPSA) is 73.3 Å². The van der Waals surface area contributed by atoms with Crippen LogP contribution in [0.2, 0.25) is 0 Å². The zero-order valence-electron chi connectivity index (χ0n) is 11.1. The van der Waals surface area contributed by atoms with Crippen LogP contribution in [0.3, 0.4) is 0 Å². The number of anilines is 1. The van der Waals surface area contributed by atoms with Crippen molar-refractivity contribution in [1.29, 1.82) is 0 Å². The van der Waals surface area contributed by atoms with Gasteiger partial charge in [0.1, 0.15) is 12.1 Å². The fourth-order valence-corrected chi connectivity index (χ4v) is 1.77. The molecule has 0 aliphatic rings. The molecule has 0 atom stereocenters. The van der Waals surface area contributed by atoms with Gasteiger partial charge in [-0.25, -0.2) is 9.97 Å².